The Morgan fingerprint density at radius 3 is 2.59 bits per heavy atom. The van der Waals surface area contributed by atoms with Crippen molar-refractivity contribution in [1.29, 1.82) is 0 Å². The molecule has 2 aliphatic rings. The molecule has 120 valence electrons. The van der Waals surface area contributed by atoms with Gasteiger partial charge in [-0.05, 0) is 37.1 Å². The molecule has 0 bridgehead atoms. The molecular weight excluding hydrogens is 293 g/mol. The first-order chi connectivity index (χ1) is 10.4. The van der Waals surface area contributed by atoms with Gasteiger partial charge in [0.2, 0.25) is 5.91 Å². The van der Waals surface area contributed by atoms with Crippen molar-refractivity contribution >= 4 is 5.91 Å². The van der Waals surface area contributed by atoms with Crippen LogP contribution < -0.4 is 10.6 Å². The Balaban J connectivity index is 1.64. The van der Waals surface area contributed by atoms with Crippen LogP contribution in [0.4, 0.5) is 13.2 Å². The summed E-state index contributed by atoms with van der Waals surface area (Å²) in [4.78, 5) is 12.1. The minimum atomic E-state index is -4.35. The number of carbonyl (C=O) groups is 1. The topological polar surface area (TPSA) is 41.1 Å². The van der Waals surface area contributed by atoms with E-state index in [4.69, 9.17) is 0 Å². The van der Waals surface area contributed by atoms with Crippen LogP contribution >= 0.6 is 0 Å². The predicted octanol–water partition coefficient (Wildman–Crippen LogP) is 2.53. The highest BCUT2D eigenvalue weighted by molar-refractivity contribution is 5.79. The van der Waals surface area contributed by atoms with Crippen LogP contribution in [0, 0.1) is 11.8 Å². The summed E-state index contributed by atoms with van der Waals surface area (Å²) < 4.78 is 39.1. The van der Waals surface area contributed by atoms with E-state index in [0.29, 0.717) is 17.9 Å². The Bertz CT molecular complexity index is 569. The summed E-state index contributed by atoms with van der Waals surface area (Å²) in [5.74, 6) is -0.0444. The highest BCUT2D eigenvalue weighted by Crippen LogP contribution is 2.46. The number of carbonyl (C=O) groups excluding carboxylic acids is 1. The maximum absolute atomic E-state index is 13.0. The van der Waals surface area contributed by atoms with Gasteiger partial charge in [0.05, 0.1) is 5.56 Å². The summed E-state index contributed by atoms with van der Waals surface area (Å²) in [7, 11) is 0. The van der Waals surface area contributed by atoms with E-state index in [2.05, 4.69) is 10.6 Å². The van der Waals surface area contributed by atoms with E-state index < -0.39 is 11.7 Å². The van der Waals surface area contributed by atoms with Crippen molar-refractivity contribution in [3.8, 4) is 0 Å². The van der Waals surface area contributed by atoms with Gasteiger partial charge in [-0.25, -0.2) is 0 Å². The number of hydrogen-bond acceptors (Lipinski definition) is 2. The molecule has 1 aromatic rings. The summed E-state index contributed by atoms with van der Waals surface area (Å²) in [6, 6.07) is 5.46. The van der Waals surface area contributed by atoms with Gasteiger partial charge in [0.1, 0.15) is 0 Å². The number of nitrogens with one attached hydrogen (secondary N) is 2. The van der Waals surface area contributed by atoms with Crippen LogP contribution in [0.5, 0.6) is 0 Å². The largest absolute Gasteiger partial charge is 0.416 e. The molecule has 3 nitrogen and oxygen atoms in total. The van der Waals surface area contributed by atoms with Gasteiger partial charge in [-0.2, -0.15) is 13.2 Å². The van der Waals surface area contributed by atoms with Crippen LogP contribution in [0.1, 0.15) is 30.4 Å². The van der Waals surface area contributed by atoms with Crippen LogP contribution in [0.3, 0.4) is 0 Å². The van der Waals surface area contributed by atoms with Crippen LogP contribution in [0.2, 0.25) is 0 Å². The molecule has 2 N–H and O–H groups in total. The summed E-state index contributed by atoms with van der Waals surface area (Å²) in [6.07, 6.45) is -3.77. The highest BCUT2D eigenvalue weighted by Gasteiger charge is 2.45. The van der Waals surface area contributed by atoms with Crippen LogP contribution in [-0.4, -0.2) is 25.0 Å². The van der Waals surface area contributed by atoms with E-state index >= 15 is 0 Å². The Morgan fingerprint density at radius 1 is 1.32 bits per heavy atom. The molecule has 1 aromatic carbocycles. The molecular formula is C16H19F3N2O. The van der Waals surface area contributed by atoms with Crippen molar-refractivity contribution in [2.45, 2.75) is 31.5 Å². The molecule has 1 saturated heterocycles. The lowest BCUT2D eigenvalue weighted by atomic mass is 9.88. The van der Waals surface area contributed by atoms with Gasteiger partial charge < -0.3 is 10.6 Å². The molecule has 22 heavy (non-hydrogen) atoms. The van der Waals surface area contributed by atoms with E-state index in [1.165, 1.54) is 12.1 Å². The quantitative estimate of drug-likeness (QED) is 0.897. The number of benzene rings is 1. The molecule has 1 heterocycles. The van der Waals surface area contributed by atoms with Crippen LogP contribution in [0.25, 0.3) is 0 Å². The van der Waals surface area contributed by atoms with Crippen molar-refractivity contribution in [3.63, 3.8) is 0 Å². The summed E-state index contributed by atoms with van der Waals surface area (Å²) in [5, 5.41) is 6.02. The van der Waals surface area contributed by atoms with E-state index in [1.54, 1.807) is 6.07 Å². The molecule has 1 aliphatic carbocycles. The average Bonchev–Trinajstić information content (AvgIpc) is 3.14. The van der Waals surface area contributed by atoms with Crippen molar-refractivity contribution in [2.75, 3.05) is 13.1 Å². The van der Waals surface area contributed by atoms with Gasteiger partial charge in [0.15, 0.2) is 0 Å². The summed E-state index contributed by atoms with van der Waals surface area (Å²) >= 11 is 0. The third kappa shape index (κ3) is 2.97. The molecule has 0 spiro atoms. The first kappa shape index (κ1) is 15.3. The van der Waals surface area contributed by atoms with E-state index in [0.717, 1.165) is 19.2 Å². The maximum Gasteiger partial charge on any atom is 0.416 e. The minimum Gasteiger partial charge on any atom is -0.352 e. The van der Waals surface area contributed by atoms with E-state index in [-0.39, 0.29) is 23.8 Å². The number of hydrogen-bond donors (Lipinski definition) is 2. The smallest absolute Gasteiger partial charge is 0.352 e. The second-order valence-corrected chi connectivity index (χ2v) is 6.25. The first-order valence-electron chi connectivity index (χ1n) is 7.55. The minimum absolute atomic E-state index is 0.0523. The zero-order valence-electron chi connectivity index (χ0n) is 12.3. The van der Waals surface area contributed by atoms with Gasteiger partial charge >= 0.3 is 6.18 Å². The fourth-order valence-corrected chi connectivity index (χ4v) is 2.97. The van der Waals surface area contributed by atoms with Gasteiger partial charge in [0.25, 0.3) is 0 Å². The lowest BCUT2D eigenvalue weighted by molar-refractivity contribution is -0.138. The molecule has 0 aromatic heterocycles. The van der Waals surface area contributed by atoms with Gasteiger partial charge in [-0.15, -0.1) is 0 Å². The second-order valence-electron chi connectivity index (χ2n) is 6.25. The van der Waals surface area contributed by atoms with E-state index in [1.807, 2.05) is 6.92 Å². The van der Waals surface area contributed by atoms with Crippen LogP contribution in [0.15, 0.2) is 24.3 Å². The van der Waals surface area contributed by atoms with Gasteiger partial charge in [0, 0.05) is 17.9 Å². The Kier molecular flexibility index (Phi) is 3.89. The highest BCUT2D eigenvalue weighted by atomic mass is 19.4. The molecule has 1 saturated carbocycles. The fourth-order valence-electron chi connectivity index (χ4n) is 2.97. The van der Waals surface area contributed by atoms with Crippen molar-refractivity contribution in [3.05, 3.63) is 35.4 Å². The lowest BCUT2D eigenvalue weighted by Gasteiger charge is -2.31. The number of amides is 1. The fraction of sp³-hybridized carbons (Fsp3) is 0.562. The monoisotopic (exact) mass is 312 g/mol. The van der Waals surface area contributed by atoms with Crippen molar-refractivity contribution in [1.82, 2.24) is 10.6 Å². The third-order valence-electron chi connectivity index (χ3n) is 4.72. The summed E-state index contributed by atoms with van der Waals surface area (Å²) in [6.45, 7) is 3.54. The van der Waals surface area contributed by atoms with Crippen molar-refractivity contribution < 1.29 is 18.0 Å². The van der Waals surface area contributed by atoms with Crippen LogP contribution in [-0.2, 0) is 11.0 Å². The second kappa shape index (κ2) is 5.57. The lowest BCUT2D eigenvalue weighted by Crippen LogP contribution is -2.50. The third-order valence-corrected chi connectivity index (χ3v) is 4.72. The maximum atomic E-state index is 13.0. The summed E-state index contributed by atoms with van der Waals surface area (Å²) in [5.41, 5.74) is -0.300. The molecule has 2 fully saturated rings. The Hall–Kier alpha value is -1.56. The predicted molar refractivity (Wildman–Crippen MR) is 76.3 cm³/mol. The molecule has 1 amide bonds. The average molecular weight is 312 g/mol. The zero-order chi connectivity index (χ0) is 15.9. The SMILES string of the molecule is CC(C(=O)NC1CC1c1ccccc1C(F)(F)F)C1CNC1. The molecule has 0 radical (unpaired) electrons. The standard InChI is InChI=1S/C16H19F3N2O/c1-9(10-7-20-8-10)15(22)21-14-6-12(14)11-4-2-3-5-13(11)16(17,18)19/h2-5,9-10,12,14,20H,6-8H2,1H3,(H,21,22). The Morgan fingerprint density at radius 2 is 2.00 bits per heavy atom. The van der Waals surface area contributed by atoms with Gasteiger partial charge in [-0.1, -0.05) is 25.1 Å². The Labute approximate surface area is 127 Å². The number of alkyl halides is 3. The van der Waals surface area contributed by atoms with Crippen molar-refractivity contribution in [2.24, 2.45) is 11.8 Å². The molecule has 3 atom stereocenters. The number of rotatable bonds is 4. The zero-order valence-corrected chi connectivity index (χ0v) is 12.3. The molecule has 3 unspecified atom stereocenters. The molecule has 6 heteroatoms. The van der Waals surface area contributed by atoms with Gasteiger partial charge in [-0.3, -0.25) is 4.79 Å². The molecule has 1 aliphatic heterocycles. The van der Waals surface area contributed by atoms with E-state index in [9.17, 15) is 18.0 Å². The number of halogens is 3. The first-order valence-corrected chi connectivity index (χ1v) is 7.55. The normalized spacial score (nSPS) is 26.2. The molecule has 3 rings (SSSR count).